The second-order valence-corrected chi connectivity index (χ2v) is 4.74. The van der Waals surface area contributed by atoms with E-state index in [1.165, 1.54) is 32.4 Å². The summed E-state index contributed by atoms with van der Waals surface area (Å²) in [5.74, 6) is 0. The molecule has 1 aromatic rings. The van der Waals surface area contributed by atoms with Crippen molar-refractivity contribution in [3.63, 3.8) is 0 Å². The fraction of sp³-hybridized carbons (Fsp3) is 0.700. The molecule has 1 aromatic heterocycles. The average molecular weight is 258 g/mol. The maximum absolute atomic E-state index is 4.24. The van der Waals surface area contributed by atoms with Gasteiger partial charge in [0.2, 0.25) is 0 Å². The largest absolute Gasteiger partial charge is 0.301 e. The molecule has 1 saturated heterocycles. The number of nitrogens with zero attached hydrogens (tertiary/aromatic N) is 3. The highest BCUT2D eigenvalue weighted by Gasteiger charge is 2.09. The predicted octanol–water partition coefficient (Wildman–Crippen LogP) is 2.13. The highest BCUT2D eigenvalue weighted by molar-refractivity contribution is 9.10. The van der Waals surface area contributed by atoms with Crippen LogP contribution in [-0.4, -0.2) is 34.3 Å². The molecule has 0 saturated carbocycles. The van der Waals surface area contributed by atoms with Crippen molar-refractivity contribution >= 4 is 15.9 Å². The van der Waals surface area contributed by atoms with Crippen molar-refractivity contribution in [3.8, 4) is 0 Å². The van der Waals surface area contributed by atoms with E-state index in [1.54, 1.807) is 0 Å². The Balaban J connectivity index is 1.76. The topological polar surface area (TPSA) is 21.1 Å². The van der Waals surface area contributed by atoms with Crippen LogP contribution in [0, 0.1) is 0 Å². The normalized spacial score (nSPS) is 18.6. The lowest BCUT2D eigenvalue weighted by Gasteiger charge is -2.26. The smallest absolute Gasteiger partial charge is 0.0632 e. The third kappa shape index (κ3) is 2.82. The van der Waals surface area contributed by atoms with Crippen LogP contribution in [0.2, 0.25) is 0 Å². The summed E-state index contributed by atoms with van der Waals surface area (Å²) in [6.45, 7) is 4.67. The van der Waals surface area contributed by atoms with Crippen LogP contribution in [0.1, 0.15) is 19.3 Å². The summed E-state index contributed by atoms with van der Waals surface area (Å²) in [5, 5.41) is 4.24. The van der Waals surface area contributed by atoms with Crippen LogP contribution in [0.5, 0.6) is 0 Å². The summed E-state index contributed by atoms with van der Waals surface area (Å²) >= 11 is 3.40. The minimum absolute atomic E-state index is 1.01. The van der Waals surface area contributed by atoms with Crippen molar-refractivity contribution in [1.29, 1.82) is 0 Å². The molecule has 1 aliphatic rings. The van der Waals surface area contributed by atoms with E-state index < -0.39 is 0 Å². The maximum atomic E-state index is 4.24. The number of rotatable bonds is 3. The molecule has 0 radical (unpaired) electrons. The van der Waals surface area contributed by atoms with Gasteiger partial charge in [0.15, 0.2) is 0 Å². The summed E-state index contributed by atoms with van der Waals surface area (Å²) in [4.78, 5) is 2.53. The zero-order valence-corrected chi connectivity index (χ0v) is 9.91. The zero-order chi connectivity index (χ0) is 9.80. The van der Waals surface area contributed by atoms with Gasteiger partial charge in [0.25, 0.3) is 0 Å². The minimum Gasteiger partial charge on any atom is -0.301 e. The SMILES string of the molecule is Brc1cnn(CCN2CCCCC2)c1. The van der Waals surface area contributed by atoms with E-state index in [4.69, 9.17) is 0 Å². The summed E-state index contributed by atoms with van der Waals surface area (Å²) in [6.07, 6.45) is 8.01. The lowest BCUT2D eigenvalue weighted by Crippen LogP contribution is -2.32. The first-order valence-electron chi connectivity index (χ1n) is 5.25. The second kappa shape index (κ2) is 4.94. The van der Waals surface area contributed by atoms with Crippen LogP contribution in [0.4, 0.5) is 0 Å². The predicted molar refractivity (Wildman–Crippen MR) is 60.2 cm³/mol. The molecule has 78 valence electrons. The molecule has 0 aliphatic carbocycles. The Bertz CT molecular complexity index is 279. The molecule has 4 heteroatoms. The Morgan fingerprint density at radius 3 is 2.64 bits per heavy atom. The van der Waals surface area contributed by atoms with Gasteiger partial charge in [-0.3, -0.25) is 4.68 Å². The Hall–Kier alpha value is -0.350. The lowest BCUT2D eigenvalue weighted by atomic mass is 10.1. The van der Waals surface area contributed by atoms with Gasteiger partial charge in [0, 0.05) is 12.7 Å². The van der Waals surface area contributed by atoms with Gasteiger partial charge in [-0.15, -0.1) is 0 Å². The summed E-state index contributed by atoms with van der Waals surface area (Å²) < 4.78 is 3.06. The molecule has 14 heavy (non-hydrogen) atoms. The number of hydrogen-bond acceptors (Lipinski definition) is 2. The summed E-state index contributed by atoms with van der Waals surface area (Å²) in [7, 11) is 0. The standard InChI is InChI=1S/C10H16BrN3/c11-10-8-12-14(9-10)7-6-13-4-2-1-3-5-13/h8-9H,1-7H2. The molecule has 0 amide bonds. The Morgan fingerprint density at radius 1 is 1.21 bits per heavy atom. The fourth-order valence-electron chi connectivity index (χ4n) is 1.89. The Morgan fingerprint density at radius 2 is 2.00 bits per heavy atom. The number of halogens is 1. The average Bonchev–Trinajstić information content (AvgIpc) is 2.63. The number of piperidine rings is 1. The summed E-state index contributed by atoms with van der Waals surface area (Å²) in [6, 6.07) is 0. The van der Waals surface area contributed by atoms with Gasteiger partial charge >= 0.3 is 0 Å². The monoisotopic (exact) mass is 257 g/mol. The number of aromatic nitrogens is 2. The van der Waals surface area contributed by atoms with Crippen molar-refractivity contribution < 1.29 is 0 Å². The van der Waals surface area contributed by atoms with E-state index in [0.29, 0.717) is 0 Å². The minimum atomic E-state index is 1.01. The van der Waals surface area contributed by atoms with Gasteiger partial charge in [0.1, 0.15) is 0 Å². The lowest BCUT2D eigenvalue weighted by molar-refractivity contribution is 0.218. The molecule has 1 fully saturated rings. The van der Waals surface area contributed by atoms with Crippen molar-refractivity contribution in [1.82, 2.24) is 14.7 Å². The van der Waals surface area contributed by atoms with E-state index in [-0.39, 0.29) is 0 Å². The first-order chi connectivity index (χ1) is 6.84. The molecule has 1 aliphatic heterocycles. The van der Waals surface area contributed by atoms with E-state index >= 15 is 0 Å². The molecule has 0 N–H and O–H groups in total. The third-order valence-electron chi connectivity index (χ3n) is 2.70. The highest BCUT2D eigenvalue weighted by Crippen LogP contribution is 2.09. The highest BCUT2D eigenvalue weighted by atomic mass is 79.9. The van der Waals surface area contributed by atoms with E-state index in [9.17, 15) is 0 Å². The molecule has 0 bridgehead atoms. The molecule has 2 rings (SSSR count). The van der Waals surface area contributed by atoms with Gasteiger partial charge in [-0.05, 0) is 41.9 Å². The van der Waals surface area contributed by atoms with Gasteiger partial charge in [-0.25, -0.2) is 0 Å². The van der Waals surface area contributed by atoms with E-state index in [1.807, 2.05) is 17.1 Å². The molecule has 0 atom stereocenters. The van der Waals surface area contributed by atoms with Crippen LogP contribution < -0.4 is 0 Å². The molecule has 0 aromatic carbocycles. The van der Waals surface area contributed by atoms with Crippen LogP contribution in [-0.2, 0) is 6.54 Å². The van der Waals surface area contributed by atoms with Gasteiger partial charge in [-0.2, -0.15) is 5.10 Å². The van der Waals surface area contributed by atoms with Gasteiger partial charge < -0.3 is 4.90 Å². The molecule has 0 spiro atoms. The van der Waals surface area contributed by atoms with Crippen LogP contribution in [0.3, 0.4) is 0 Å². The molecule has 0 unspecified atom stereocenters. The fourth-order valence-corrected chi connectivity index (χ4v) is 2.22. The van der Waals surface area contributed by atoms with Gasteiger partial charge in [0.05, 0.1) is 17.2 Å². The van der Waals surface area contributed by atoms with Crippen molar-refractivity contribution in [3.05, 3.63) is 16.9 Å². The number of hydrogen-bond donors (Lipinski definition) is 0. The Kier molecular flexibility index (Phi) is 3.59. The molecule has 2 heterocycles. The zero-order valence-electron chi connectivity index (χ0n) is 8.32. The third-order valence-corrected chi connectivity index (χ3v) is 3.11. The Labute approximate surface area is 93.2 Å². The maximum Gasteiger partial charge on any atom is 0.0632 e. The van der Waals surface area contributed by atoms with Crippen LogP contribution in [0.25, 0.3) is 0 Å². The van der Waals surface area contributed by atoms with Crippen molar-refractivity contribution in [2.75, 3.05) is 19.6 Å². The van der Waals surface area contributed by atoms with E-state index in [2.05, 4.69) is 25.9 Å². The first kappa shape index (κ1) is 10.2. The molecular formula is C10H16BrN3. The molecular weight excluding hydrogens is 242 g/mol. The quantitative estimate of drug-likeness (QED) is 0.828. The van der Waals surface area contributed by atoms with E-state index in [0.717, 1.165) is 17.6 Å². The second-order valence-electron chi connectivity index (χ2n) is 3.82. The van der Waals surface area contributed by atoms with Crippen molar-refractivity contribution in [2.45, 2.75) is 25.8 Å². The first-order valence-corrected chi connectivity index (χ1v) is 6.04. The molecule has 3 nitrogen and oxygen atoms in total. The van der Waals surface area contributed by atoms with Crippen LogP contribution in [0.15, 0.2) is 16.9 Å². The van der Waals surface area contributed by atoms with Crippen LogP contribution >= 0.6 is 15.9 Å². The number of likely N-dealkylation sites (tertiary alicyclic amines) is 1. The van der Waals surface area contributed by atoms with Crippen molar-refractivity contribution in [2.24, 2.45) is 0 Å². The summed E-state index contributed by atoms with van der Waals surface area (Å²) in [5.41, 5.74) is 0. The van der Waals surface area contributed by atoms with Gasteiger partial charge in [-0.1, -0.05) is 6.42 Å².